The van der Waals surface area contributed by atoms with Gasteiger partial charge in [0.2, 0.25) is 0 Å². The van der Waals surface area contributed by atoms with Crippen LogP contribution < -0.4 is 0 Å². The van der Waals surface area contributed by atoms with Crippen LogP contribution >= 0.6 is 0 Å². The molecule has 0 radical (unpaired) electrons. The Morgan fingerprint density at radius 2 is 1.75 bits per heavy atom. The van der Waals surface area contributed by atoms with Crippen molar-refractivity contribution in [3.05, 3.63) is 11.6 Å². The molecule has 0 spiro atoms. The first-order chi connectivity index (χ1) is 7.64. The maximum Gasteiger partial charge on any atom is 0.270 e. The summed E-state index contributed by atoms with van der Waals surface area (Å²) in [5.74, 6) is 0.0729. The zero-order chi connectivity index (χ0) is 11.9. The van der Waals surface area contributed by atoms with Crippen molar-refractivity contribution in [3.8, 4) is 0 Å². The van der Waals surface area contributed by atoms with Gasteiger partial charge in [0, 0.05) is 0 Å². The fourth-order valence-electron chi connectivity index (χ4n) is 2.03. The third kappa shape index (κ3) is 5.66. The molecule has 1 aliphatic carbocycles. The Bertz CT molecular complexity index is 317. The lowest BCUT2D eigenvalue weighted by atomic mass is 10.0. The van der Waals surface area contributed by atoms with Crippen molar-refractivity contribution in [1.29, 1.82) is 0 Å². The topological polar surface area (TPSA) is 43.4 Å². The Hall–Kier alpha value is -0.350. The fraction of sp³-hybridized carbons (Fsp3) is 0.833. The third-order valence-corrected chi connectivity index (χ3v) is 4.23. The normalized spacial score (nSPS) is 20.2. The molecule has 0 heterocycles. The molecule has 4 heteroatoms. The summed E-state index contributed by atoms with van der Waals surface area (Å²) in [6.45, 7) is 0. The number of hydrogen-bond donors (Lipinski definition) is 0. The predicted molar refractivity (Wildman–Crippen MR) is 65.8 cm³/mol. The van der Waals surface area contributed by atoms with Gasteiger partial charge >= 0.3 is 0 Å². The van der Waals surface area contributed by atoms with Crippen molar-refractivity contribution in [2.24, 2.45) is 0 Å². The zero-order valence-corrected chi connectivity index (χ0v) is 10.9. The molecule has 1 aliphatic rings. The Morgan fingerprint density at radius 3 is 2.44 bits per heavy atom. The van der Waals surface area contributed by atoms with Gasteiger partial charge in [0.25, 0.3) is 10.1 Å². The molecule has 3 nitrogen and oxygen atoms in total. The van der Waals surface area contributed by atoms with Gasteiger partial charge < -0.3 is 0 Å². The maximum absolute atomic E-state index is 11.4. The number of rotatable bonds is 3. The van der Waals surface area contributed by atoms with E-state index in [1.54, 1.807) is 0 Å². The molecule has 0 saturated heterocycles. The van der Waals surface area contributed by atoms with Crippen LogP contribution in [0.1, 0.15) is 51.4 Å². The summed E-state index contributed by atoms with van der Waals surface area (Å²) in [6.07, 6.45) is 11.4. The highest BCUT2D eigenvalue weighted by molar-refractivity contribution is 7.86. The lowest BCUT2D eigenvalue weighted by Gasteiger charge is -2.10. The van der Waals surface area contributed by atoms with Crippen molar-refractivity contribution in [3.63, 3.8) is 0 Å². The standard InChI is InChI=1S/C12H22O3S/c1-15-16(13,14)11-12-9-7-5-3-2-4-6-8-10-12/h9H,2-8,10-11H2,1H3. The van der Waals surface area contributed by atoms with Crippen molar-refractivity contribution < 1.29 is 12.6 Å². The minimum Gasteiger partial charge on any atom is -0.273 e. The van der Waals surface area contributed by atoms with Gasteiger partial charge in [-0.05, 0) is 25.7 Å². The summed E-state index contributed by atoms with van der Waals surface area (Å²) in [5, 5.41) is 0. The molecule has 0 atom stereocenters. The molecule has 0 fully saturated rings. The van der Waals surface area contributed by atoms with Gasteiger partial charge in [-0.15, -0.1) is 0 Å². The monoisotopic (exact) mass is 246 g/mol. The second kappa shape index (κ2) is 7.07. The summed E-state index contributed by atoms with van der Waals surface area (Å²) >= 11 is 0. The van der Waals surface area contributed by atoms with Crippen molar-refractivity contribution in [2.75, 3.05) is 12.9 Å². The second-order valence-corrected chi connectivity index (χ2v) is 6.13. The lowest BCUT2D eigenvalue weighted by molar-refractivity contribution is 0.399. The van der Waals surface area contributed by atoms with E-state index >= 15 is 0 Å². The number of hydrogen-bond acceptors (Lipinski definition) is 3. The molecule has 0 aromatic rings. The Morgan fingerprint density at radius 1 is 1.12 bits per heavy atom. The van der Waals surface area contributed by atoms with E-state index in [0.29, 0.717) is 0 Å². The molecule has 0 unspecified atom stereocenters. The lowest BCUT2D eigenvalue weighted by Crippen LogP contribution is -2.10. The molecule has 0 amide bonds. The molecule has 1 rings (SSSR count). The van der Waals surface area contributed by atoms with Crippen LogP contribution in [0.25, 0.3) is 0 Å². The molecule has 94 valence electrons. The van der Waals surface area contributed by atoms with E-state index in [4.69, 9.17) is 0 Å². The van der Waals surface area contributed by atoms with E-state index in [1.807, 2.05) is 0 Å². The van der Waals surface area contributed by atoms with E-state index in [2.05, 4.69) is 10.3 Å². The van der Waals surface area contributed by atoms with Crippen LogP contribution in [0.2, 0.25) is 0 Å². The molecule has 0 bridgehead atoms. The SMILES string of the molecule is COS(=O)(=O)CC1=CCCCCCCCC1. The summed E-state index contributed by atoms with van der Waals surface area (Å²) in [6, 6.07) is 0. The van der Waals surface area contributed by atoms with E-state index in [-0.39, 0.29) is 5.75 Å². The van der Waals surface area contributed by atoms with E-state index in [9.17, 15) is 8.42 Å². The van der Waals surface area contributed by atoms with Crippen LogP contribution in [0.15, 0.2) is 11.6 Å². The van der Waals surface area contributed by atoms with Crippen LogP contribution in [-0.2, 0) is 14.3 Å². The van der Waals surface area contributed by atoms with Crippen LogP contribution in [0, 0.1) is 0 Å². The first kappa shape index (κ1) is 13.7. The van der Waals surface area contributed by atoms with Crippen molar-refractivity contribution in [1.82, 2.24) is 0 Å². The fourth-order valence-corrected chi connectivity index (χ4v) is 2.86. The van der Waals surface area contributed by atoms with E-state index in [0.717, 1.165) is 24.8 Å². The van der Waals surface area contributed by atoms with Crippen LogP contribution in [0.4, 0.5) is 0 Å². The quantitative estimate of drug-likeness (QED) is 0.568. The third-order valence-electron chi connectivity index (χ3n) is 3.00. The van der Waals surface area contributed by atoms with Gasteiger partial charge in [-0.2, -0.15) is 8.42 Å². The summed E-state index contributed by atoms with van der Waals surface area (Å²) in [7, 11) is -2.10. The molecular weight excluding hydrogens is 224 g/mol. The first-order valence-corrected chi connectivity index (χ1v) is 7.68. The Balaban J connectivity index is 2.56. The average molecular weight is 246 g/mol. The minimum absolute atomic E-state index is 0.0729. The predicted octanol–water partition coefficient (Wildman–Crippen LogP) is 3.02. The average Bonchev–Trinajstić information content (AvgIpc) is 2.27. The van der Waals surface area contributed by atoms with Crippen LogP contribution in [0.5, 0.6) is 0 Å². The summed E-state index contributed by atoms with van der Waals surface area (Å²) in [5.41, 5.74) is 1.03. The number of allylic oxidation sites excluding steroid dienone is 1. The van der Waals surface area contributed by atoms with Gasteiger partial charge in [0.1, 0.15) is 0 Å². The van der Waals surface area contributed by atoms with Gasteiger partial charge in [-0.25, -0.2) is 0 Å². The first-order valence-electron chi connectivity index (χ1n) is 6.10. The van der Waals surface area contributed by atoms with Crippen molar-refractivity contribution >= 4 is 10.1 Å². The van der Waals surface area contributed by atoms with Crippen LogP contribution in [0.3, 0.4) is 0 Å². The molecule has 16 heavy (non-hydrogen) atoms. The molecule has 0 aromatic heterocycles. The summed E-state index contributed by atoms with van der Waals surface area (Å²) in [4.78, 5) is 0. The van der Waals surface area contributed by atoms with Gasteiger partial charge in [0.15, 0.2) is 0 Å². The van der Waals surface area contributed by atoms with E-state index in [1.165, 1.54) is 39.2 Å². The second-order valence-electron chi connectivity index (χ2n) is 4.39. The molecule has 0 aliphatic heterocycles. The zero-order valence-electron chi connectivity index (χ0n) is 10.1. The highest BCUT2D eigenvalue weighted by Gasteiger charge is 2.12. The van der Waals surface area contributed by atoms with Gasteiger partial charge in [0.05, 0.1) is 12.9 Å². The largest absolute Gasteiger partial charge is 0.273 e. The van der Waals surface area contributed by atoms with Gasteiger partial charge in [-0.1, -0.05) is 37.3 Å². The minimum atomic E-state index is -3.34. The molecular formula is C12H22O3S. The Kier molecular flexibility index (Phi) is 6.06. The maximum atomic E-state index is 11.4. The van der Waals surface area contributed by atoms with Crippen molar-refractivity contribution in [2.45, 2.75) is 51.4 Å². The molecule has 0 aromatic carbocycles. The smallest absolute Gasteiger partial charge is 0.270 e. The van der Waals surface area contributed by atoms with E-state index < -0.39 is 10.1 Å². The highest BCUT2D eigenvalue weighted by Crippen LogP contribution is 2.18. The molecule has 0 N–H and O–H groups in total. The van der Waals surface area contributed by atoms with Crippen LogP contribution in [-0.4, -0.2) is 21.3 Å². The van der Waals surface area contributed by atoms with Gasteiger partial charge in [-0.3, -0.25) is 4.18 Å². The Labute approximate surface area is 99.0 Å². The molecule has 0 saturated carbocycles. The highest BCUT2D eigenvalue weighted by atomic mass is 32.2. The summed E-state index contributed by atoms with van der Waals surface area (Å²) < 4.78 is 27.2.